The van der Waals surface area contributed by atoms with Gasteiger partial charge >= 0.3 is 0 Å². The lowest BCUT2D eigenvalue weighted by molar-refractivity contribution is 0.739. The lowest BCUT2D eigenvalue weighted by Gasteiger charge is -2.13. The van der Waals surface area contributed by atoms with Crippen molar-refractivity contribution in [2.75, 3.05) is 13.1 Å². The summed E-state index contributed by atoms with van der Waals surface area (Å²) < 4.78 is 1.15. The van der Waals surface area contributed by atoms with Gasteiger partial charge in [0.05, 0.1) is 0 Å². The molecule has 3 heteroatoms. The summed E-state index contributed by atoms with van der Waals surface area (Å²) in [6.07, 6.45) is 5.54. The molecule has 2 nitrogen and oxygen atoms in total. The number of halogens is 1. The van der Waals surface area contributed by atoms with Crippen LogP contribution in [0.15, 0.2) is 28.9 Å². The SMILES string of the molecule is Cc1cc(Br)cc2c(C3=CCNCC3)c[nH]c12. The van der Waals surface area contributed by atoms with E-state index in [-0.39, 0.29) is 0 Å². The second-order valence-corrected chi connectivity index (χ2v) is 5.45. The summed E-state index contributed by atoms with van der Waals surface area (Å²) in [4.78, 5) is 3.40. The summed E-state index contributed by atoms with van der Waals surface area (Å²) >= 11 is 3.58. The van der Waals surface area contributed by atoms with Crippen LogP contribution in [0.4, 0.5) is 0 Å². The third-order valence-corrected chi connectivity index (χ3v) is 3.82. The molecule has 0 aliphatic carbocycles. The third kappa shape index (κ3) is 1.94. The van der Waals surface area contributed by atoms with Crippen LogP contribution in [-0.2, 0) is 0 Å². The minimum Gasteiger partial charge on any atom is -0.360 e. The molecule has 0 saturated carbocycles. The number of fused-ring (bicyclic) bond motifs is 1. The molecular formula is C14H15BrN2. The monoisotopic (exact) mass is 290 g/mol. The van der Waals surface area contributed by atoms with Crippen LogP contribution in [0.2, 0.25) is 0 Å². The lowest BCUT2D eigenvalue weighted by Crippen LogP contribution is -2.19. The van der Waals surface area contributed by atoms with Crippen LogP contribution in [0.25, 0.3) is 16.5 Å². The molecule has 0 spiro atoms. The number of benzene rings is 1. The zero-order chi connectivity index (χ0) is 11.8. The van der Waals surface area contributed by atoms with Crippen molar-refractivity contribution < 1.29 is 0 Å². The fourth-order valence-electron chi connectivity index (χ4n) is 2.50. The highest BCUT2D eigenvalue weighted by Crippen LogP contribution is 2.31. The van der Waals surface area contributed by atoms with Crippen molar-refractivity contribution in [1.82, 2.24) is 10.3 Å². The largest absolute Gasteiger partial charge is 0.360 e. The van der Waals surface area contributed by atoms with Gasteiger partial charge in [0.15, 0.2) is 0 Å². The fraction of sp³-hybridized carbons (Fsp3) is 0.286. The second-order valence-electron chi connectivity index (χ2n) is 4.53. The van der Waals surface area contributed by atoms with Gasteiger partial charge in [-0.25, -0.2) is 0 Å². The Balaban J connectivity index is 2.20. The van der Waals surface area contributed by atoms with Crippen molar-refractivity contribution in [3.05, 3.63) is 40.0 Å². The first kappa shape index (κ1) is 11.1. The molecule has 1 aromatic carbocycles. The smallest absolute Gasteiger partial charge is 0.0490 e. The zero-order valence-electron chi connectivity index (χ0n) is 9.81. The summed E-state index contributed by atoms with van der Waals surface area (Å²) in [5.41, 5.74) is 5.34. The number of aromatic nitrogens is 1. The Bertz CT molecular complexity index is 596. The van der Waals surface area contributed by atoms with Gasteiger partial charge in [0.25, 0.3) is 0 Å². The van der Waals surface area contributed by atoms with E-state index in [0.717, 1.165) is 24.0 Å². The molecule has 0 amide bonds. The number of hydrogen-bond donors (Lipinski definition) is 2. The highest BCUT2D eigenvalue weighted by atomic mass is 79.9. The second kappa shape index (κ2) is 4.31. The van der Waals surface area contributed by atoms with Crippen LogP contribution < -0.4 is 5.32 Å². The Morgan fingerprint density at radius 1 is 1.29 bits per heavy atom. The highest BCUT2D eigenvalue weighted by molar-refractivity contribution is 9.10. The van der Waals surface area contributed by atoms with Gasteiger partial charge < -0.3 is 10.3 Å². The van der Waals surface area contributed by atoms with Crippen LogP contribution in [0.1, 0.15) is 17.5 Å². The summed E-state index contributed by atoms with van der Waals surface area (Å²) in [6, 6.07) is 4.36. The molecule has 3 rings (SSSR count). The van der Waals surface area contributed by atoms with E-state index in [1.54, 1.807) is 0 Å². The summed E-state index contributed by atoms with van der Waals surface area (Å²) in [5, 5.41) is 4.68. The van der Waals surface area contributed by atoms with E-state index < -0.39 is 0 Å². The first-order valence-corrected chi connectivity index (χ1v) is 6.72. The van der Waals surface area contributed by atoms with Gasteiger partial charge in [-0.3, -0.25) is 0 Å². The van der Waals surface area contributed by atoms with E-state index in [9.17, 15) is 0 Å². The van der Waals surface area contributed by atoms with Crippen LogP contribution in [-0.4, -0.2) is 18.1 Å². The van der Waals surface area contributed by atoms with E-state index >= 15 is 0 Å². The topological polar surface area (TPSA) is 27.8 Å². The predicted molar refractivity (Wildman–Crippen MR) is 76.2 cm³/mol. The van der Waals surface area contributed by atoms with E-state index in [1.807, 2.05) is 0 Å². The quantitative estimate of drug-likeness (QED) is 0.825. The molecule has 0 fully saturated rings. The van der Waals surface area contributed by atoms with Gasteiger partial charge in [0, 0.05) is 33.7 Å². The van der Waals surface area contributed by atoms with Crippen LogP contribution in [0.5, 0.6) is 0 Å². The van der Waals surface area contributed by atoms with Crippen molar-refractivity contribution in [2.45, 2.75) is 13.3 Å². The standard InChI is InChI=1S/C14H15BrN2/c1-9-6-11(15)7-12-13(8-17-14(9)12)10-2-4-16-5-3-10/h2,6-8,16-17H,3-5H2,1H3. The molecule has 1 aliphatic rings. The molecule has 2 heterocycles. The van der Waals surface area contributed by atoms with Gasteiger partial charge in [-0.2, -0.15) is 0 Å². The number of aryl methyl sites for hydroxylation is 1. The summed E-state index contributed by atoms with van der Waals surface area (Å²) in [6.45, 7) is 4.20. The molecule has 0 saturated heterocycles. The van der Waals surface area contributed by atoms with E-state index in [2.05, 4.69) is 57.6 Å². The average molecular weight is 291 g/mol. The number of aromatic amines is 1. The van der Waals surface area contributed by atoms with Crippen LogP contribution in [0, 0.1) is 6.92 Å². The minimum absolute atomic E-state index is 0.981. The average Bonchev–Trinajstić information content (AvgIpc) is 2.74. The van der Waals surface area contributed by atoms with Gasteiger partial charge in [0.2, 0.25) is 0 Å². The molecule has 0 bridgehead atoms. The molecule has 2 aromatic rings. The maximum atomic E-state index is 3.58. The molecule has 0 radical (unpaired) electrons. The van der Waals surface area contributed by atoms with Gasteiger partial charge in [-0.15, -0.1) is 0 Å². The van der Waals surface area contributed by atoms with E-state index in [0.29, 0.717) is 0 Å². The van der Waals surface area contributed by atoms with Crippen molar-refractivity contribution >= 4 is 32.4 Å². The first-order chi connectivity index (χ1) is 8.25. The summed E-state index contributed by atoms with van der Waals surface area (Å²) in [7, 11) is 0. The minimum atomic E-state index is 0.981. The Hall–Kier alpha value is -1.06. The molecule has 0 unspecified atom stereocenters. The number of H-pyrrole nitrogens is 1. The Morgan fingerprint density at radius 2 is 2.18 bits per heavy atom. The third-order valence-electron chi connectivity index (χ3n) is 3.36. The molecular weight excluding hydrogens is 276 g/mol. The van der Waals surface area contributed by atoms with E-state index in [1.165, 1.54) is 27.6 Å². The Kier molecular flexibility index (Phi) is 2.81. The Morgan fingerprint density at radius 3 is 2.94 bits per heavy atom. The molecule has 88 valence electrons. The first-order valence-electron chi connectivity index (χ1n) is 5.93. The maximum absolute atomic E-state index is 3.58. The van der Waals surface area contributed by atoms with Crippen molar-refractivity contribution in [1.29, 1.82) is 0 Å². The van der Waals surface area contributed by atoms with Crippen molar-refractivity contribution in [3.8, 4) is 0 Å². The zero-order valence-corrected chi connectivity index (χ0v) is 11.4. The van der Waals surface area contributed by atoms with Gasteiger partial charge in [-0.05, 0) is 43.2 Å². The van der Waals surface area contributed by atoms with Crippen LogP contribution in [0.3, 0.4) is 0 Å². The van der Waals surface area contributed by atoms with Crippen LogP contribution >= 0.6 is 15.9 Å². The number of nitrogens with one attached hydrogen (secondary N) is 2. The number of hydrogen-bond acceptors (Lipinski definition) is 1. The van der Waals surface area contributed by atoms with Gasteiger partial charge in [-0.1, -0.05) is 22.0 Å². The summed E-state index contributed by atoms with van der Waals surface area (Å²) in [5.74, 6) is 0. The molecule has 17 heavy (non-hydrogen) atoms. The van der Waals surface area contributed by atoms with Crippen molar-refractivity contribution in [3.63, 3.8) is 0 Å². The Labute approximate surface area is 109 Å². The molecule has 1 aliphatic heterocycles. The normalized spacial score (nSPS) is 16.2. The number of rotatable bonds is 1. The maximum Gasteiger partial charge on any atom is 0.0490 e. The molecule has 1 aromatic heterocycles. The van der Waals surface area contributed by atoms with Gasteiger partial charge in [0.1, 0.15) is 0 Å². The molecule has 0 atom stereocenters. The predicted octanol–water partition coefficient (Wildman–Crippen LogP) is 3.62. The molecule has 2 N–H and O–H groups in total. The lowest BCUT2D eigenvalue weighted by atomic mass is 9.99. The van der Waals surface area contributed by atoms with Crippen molar-refractivity contribution in [2.24, 2.45) is 0 Å². The van der Waals surface area contributed by atoms with E-state index in [4.69, 9.17) is 0 Å². The highest BCUT2D eigenvalue weighted by Gasteiger charge is 2.12. The fourth-order valence-corrected chi connectivity index (χ4v) is 3.07.